The lowest BCUT2D eigenvalue weighted by Gasteiger charge is -2.33. The van der Waals surface area contributed by atoms with Gasteiger partial charge in [-0.1, -0.05) is 31.2 Å². The number of rotatable bonds is 9. The van der Waals surface area contributed by atoms with Crippen molar-refractivity contribution in [3.05, 3.63) is 35.4 Å². The van der Waals surface area contributed by atoms with Crippen LogP contribution in [0.4, 0.5) is 4.79 Å². The van der Waals surface area contributed by atoms with Crippen molar-refractivity contribution >= 4 is 30.5 Å². The van der Waals surface area contributed by atoms with Crippen LogP contribution in [-0.4, -0.2) is 52.8 Å². The maximum absolute atomic E-state index is 13.4. The number of carbonyl (C=O) groups excluding carboxylic acids is 3. The summed E-state index contributed by atoms with van der Waals surface area (Å²) >= 11 is 4.25. The molecule has 0 fully saturated rings. The van der Waals surface area contributed by atoms with Crippen molar-refractivity contribution in [2.24, 2.45) is 0 Å². The van der Waals surface area contributed by atoms with E-state index in [1.165, 1.54) is 4.90 Å². The number of hydrogen-bond acceptors (Lipinski definition) is 5. The van der Waals surface area contributed by atoms with Gasteiger partial charge in [0.25, 0.3) is 0 Å². The predicted molar refractivity (Wildman–Crippen MR) is 126 cm³/mol. The summed E-state index contributed by atoms with van der Waals surface area (Å²) in [5.74, 6) is -0.599. The standard InChI is InChI=1S/C23H37N3O4S/c1-8-16-10-12-17(13-11-16)19(20(27)24-15(3)4)26(9-2)21(28)18(14-31)25-22(29)30-23(5,6)7/h10-13,15,18-19,31H,8-9,14H2,1-7H3,(H,24,27)(H,25,29). The molecule has 1 rings (SSSR count). The molecular formula is C23H37N3O4S. The van der Waals surface area contributed by atoms with E-state index in [2.05, 4.69) is 30.2 Å². The lowest BCUT2D eigenvalue weighted by atomic mass is 10.0. The molecule has 0 aliphatic rings. The third kappa shape index (κ3) is 8.44. The van der Waals surface area contributed by atoms with Gasteiger partial charge in [0.2, 0.25) is 11.8 Å². The molecule has 2 unspecified atom stereocenters. The van der Waals surface area contributed by atoms with Crippen LogP contribution in [0.2, 0.25) is 0 Å². The molecule has 0 heterocycles. The third-order valence-electron chi connectivity index (χ3n) is 4.49. The van der Waals surface area contributed by atoms with Gasteiger partial charge in [-0.25, -0.2) is 4.79 Å². The molecule has 8 heteroatoms. The van der Waals surface area contributed by atoms with Crippen LogP contribution in [-0.2, 0) is 20.7 Å². The van der Waals surface area contributed by atoms with E-state index in [1.54, 1.807) is 27.7 Å². The van der Waals surface area contributed by atoms with Crippen molar-refractivity contribution in [2.45, 2.75) is 78.6 Å². The molecule has 1 aromatic carbocycles. The molecule has 31 heavy (non-hydrogen) atoms. The van der Waals surface area contributed by atoms with Crippen LogP contribution in [0.25, 0.3) is 0 Å². The van der Waals surface area contributed by atoms with Crippen LogP contribution in [0.1, 0.15) is 65.6 Å². The van der Waals surface area contributed by atoms with Crippen molar-refractivity contribution < 1.29 is 19.1 Å². The Morgan fingerprint density at radius 3 is 2.06 bits per heavy atom. The molecule has 0 spiro atoms. The largest absolute Gasteiger partial charge is 0.444 e. The van der Waals surface area contributed by atoms with Gasteiger partial charge in [0.15, 0.2) is 0 Å². The van der Waals surface area contributed by atoms with Crippen LogP contribution in [0.3, 0.4) is 0 Å². The molecule has 0 radical (unpaired) electrons. The highest BCUT2D eigenvalue weighted by molar-refractivity contribution is 7.80. The van der Waals surface area contributed by atoms with Crippen molar-refractivity contribution in [3.8, 4) is 0 Å². The topological polar surface area (TPSA) is 87.7 Å². The highest BCUT2D eigenvalue weighted by Gasteiger charge is 2.35. The molecule has 7 nitrogen and oxygen atoms in total. The maximum Gasteiger partial charge on any atom is 0.408 e. The number of nitrogens with zero attached hydrogens (tertiary/aromatic N) is 1. The molecule has 2 N–H and O–H groups in total. The Bertz CT molecular complexity index is 744. The number of nitrogens with one attached hydrogen (secondary N) is 2. The average Bonchev–Trinajstić information content (AvgIpc) is 2.67. The molecule has 0 bridgehead atoms. The van der Waals surface area contributed by atoms with E-state index in [9.17, 15) is 14.4 Å². The van der Waals surface area contributed by atoms with Crippen molar-refractivity contribution in [3.63, 3.8) is 0 Å². The third-order valence-corrected chi connectivity index (χ3v) is 4.86. The summed E-state index contributed by atoms with van der Waals surface area (Å²) in [4.78, 5) is 40.1. The number of likely N-dealkylation sites (N-methyl/N-ethyl adjacent to an activating group) is 1. The molecule has 0 aliphatic heterocycles. The molecule has 0 aliphatic carbocycles. The summed E-state index contributed by atoms with van der Waals surface area (Å²) in [7, 11) is 0. The fourth-order valence-corrected chi connectivity index (χ4v) is 3.32. The van der Waals surface area contributed by atoms with Crippen LogP contribution >= 0.6 is 12.6 Å². The molecule has 0 saturated carbocycles. The minimum atomic E-state index is -0.928. The molecule has 0 saturated heterocycles. The van der Waals surface area contributed by atoms with Crippen LogP contribution in [0.15, 0.2) is 24.3 Å². The number of alkyl carbamates (subject to hydrolysis) is 1. The Morgan fingerprint density at radius 2 is 1.65 bits per heavy atom. The van der Waals surface area contributed by atoms with Gasteiger partial charge in [0.05, 0.1) is 0 Å². The van der Waals surface area contributed by atoms with Gasteiger partial charge in [0.1, 0.15) is 17.7 Å². The van der Waals surface area contributed by atoms with Gasteiger partial charge in [-0.3, -0.25) is 9.59 Å². The van der Waals surface area contributed by atoms with E-state index in [4.69, 9.17) is 4.74 Å². The lowest BCUT2D eigenvalue weighted by Crippen LogP contribution is -2.54. The quantitative estimate of drug-likeness (QED) is 0.502. The Labute approximate surface area is 191 Å². The highest BCUT2D eigenvalue weighted by atomic mass is 32.1. The number of thiol groups is 1. The Morgan fingerprint density at radius 1 is 1.06 bits per heavy atom. The summed E-state index contributed by atoms with van der Waals surface area (Å²) in [6, 6.07) is 5.82. The zero-order valence-corrected chi connectivity index (χ0v) is 20.6. The number of hydrogen-bond donors (Lipinski definition) is 3. The second-order valence-corrected chi connectivity index (χ2v) is 9.03. The second-order valence-electron chi connectivity index (χ2n) is 8.67. The van der Waals surface area contributed by atoms with E-state index in [0.29, 0.717) is 5.56 Å². The molecule has 174 valence electrons. The minimum absolute atomic E-state index is 0.0713. The Balaban J connectivity index is 3.23. The van der Waals surface area contributed by atoms with Gasteiger partial charge >= 0.3 is 6.09 Å². The van der Waals surface area contributed by atoms with E-state index in [1.807, 2.05) is 38.1 Å². The van der Waals surface area contributed by atoms with Gasteiger partial charge in [-0.2, -0.15) is 12.6 Å². The van der Waals surface area contributed by atoms with Gasteiger partial charge < -0.3 is 20.3 Å². The first-order chi connectivity index (χ1) is 14.4. The highest BCUT2D eigenvalue weighted by Crippen LogP contribution is 2.23. The maximum atomic E-state index is 13.4. The first-order valence-electron chi connectivity index (χ1n) is 10.7. The van der Waals surface area contributed by atoms with Crippen molar-refractivity contribution in [2.75, 3.05) is 12.3 Å². The van der Waals surface area contributed by atoms with Gasteiger partial charge in [0, 0.05) is 18.3 Å². The van der Waals surface area contributed by atoms with E-state index < -0.39 is 29.7 Å². The monoisotopic (exact) mass is 451 g/mol. The fourth-order valence-electron chi connectivity index (χ4n) is 3.07. The van der Waals surface area contributed by atoms with Crippen molar-refractivity contribution in [1.82, 2.24) is 15.5 Å². The van der Waals surface area contributed by atoms with Crippen LogP contribution < -0.4 is 10.6 Å². The molecular weight excluding hydrogens is 414 g/mol. The predicted octanol–water partition coefficient (Wildman–Crippen LogP) is 3.49. The van der Waals surface area contributed by atoms with Crippen LogP contribution in [0, 0.1) is 0 Å². The first-order valence-corrected chi connectivity index (χ1v) is 11.4. The van der Waals surface area contributed by atoms with Gasteiger partial charge in [-0.05, 0) is 59.1 Å². The summed E-state index contributed by atoms with van der Waals surface area (Å²) in [5, 5.41) is 5.49. The zero-order valence-electron chi connectivity index (χ0n) is 19.7. The zero-order chi connectivity index (χ0) is 23.8. The molecule has 1 aromatic rings. The SMILES string of the molecule is CCc1ccc(C(C(=O)NC(C)C)N(CC)C(=O)C(CS)NC(=O)OC(C)(C)C)cc1. The summed E-state index contributed by atoms with van der Waals surface area (Å²) < 4.78 is 5.27. The Kier molecular flexibility index (Phi) is 10.4. The Hall–Kier alpha value is -2.22. The number of carbonyl (C=O) groups is 3. The normalized spacial score (nSPS) is 13.3. The smallest absolute Gasteiger partial charge is 0.408 e. The fraction of sp³-hybridized carbons (Fsp3) is 0.609. The van der Waals surface area contributed by atoms with E-state index >= 15 is 0 Å². The minimum Gasteiger partial charge on any atom is -0.444 e. The molecule has 2 atom stereocenters. The second kappa shape index (κ2) is 12.0. The summed E-state index contributed by atoms with van der Waals surface area (Å²) in [6.07, 6.45) is 0.174. The van der Waals surface area contributed by atoms with Crippen molar-refractivity contribution in [1.29, 1.82) is 0 Å². The number of aryl methyl sites for hydroxylation is 1. The summed E-state index contributed by atoms with van der Waals surface area (Å²) in [5.41, 5.74) is 1.15. The lowest BCUT2D eigenvalue weighted by molar-refractivity contribution is -0.142. The first kappa shape index (κ1) is 26.8. The van der Waals surface area contributed by atoms with Crippen LogP contribution in [0.5, 0.6) is 0 Å². The number of benzene rings is 1. The molecule has 0 aromatic heterocycles. The van der Waals surface area contributed by atoms with Gasteiger partial charge in [-0.15, -0.1) is 0 Å². The molecule has 3 amide bonds. The number of amides is 3. The van der Waals surface area contributed by atoms with E-state index in [0.717, 1.165) is 12.0 Å². The average molecular weight is 452 g/mol. The summed E-state index contributed by atoms with van der Waals surface area (Å²) in [6.45, 7) is 13.1. The van der Waals surface area contributed by atoms with E-state index in [-0.39, 0.29) is 24.2 Å². The number of ether oxygens (including phenoxy) is 1.